The maximum absolute atomic E-state index is 5.06. The zero-order valence-electron chi connectivity index (χ0n) is 10.9. The van der Waals surface area contributed by atoms with Crippen LogP contribution in [0.1, 0.15) is 64.7 Å². The minimum atomic E-state index is 0.320. The van der Waals surface area contributed by atoms with Gasteiger partial charge in [-0.1, -0.05) is 43.9 Å². The van der Waals surface area contributed by atoms with Gasteiger partial charge in [-0.2, -0.15) is 0 Å². The van der Waals surface area contributed by atoms with Gasteiger partial charge in [-0.15, -0.1) is 0 Å². The Morgan fingerprint density at radius 3 is 2.35 bits per heavy atom. The molecule has 1 heterocycles. The number of hydrogen-bond acceptors (Lipinski definition) is 3. The molecule has 0 bridgehead atoms. The lowest BCUT2D eigenvalue weighted by Gasteiger charge is -2.29. The first-order valence-corrected chi connectivity index (χ1v) is 8.19. The van der Waals surface area contributed by atoms with Crippen LogP contribution in [0.5, 0.6) is 0 Å². The molecule has 2 nitrogen and oxygen atoms in total. The molecule has 0 aromatic heterocycles. The minimum absolute atomic E-state index is 0.320. The van der Waals surface area contributed by atoms with Gasteiger partial charge in [0, 0.05) is 11.3 Å². The first-order chi connectivity index (χ1) is 8.20. The molecule has 1 N–H and O–H groups in total. The van der Waals surface area contributed by atoms with Crippen molar-refractivity contribution >= 4 is 16.9 Å². The van der Waals surface area contributed by atoms with E-state index in [-0.39, 0.29) is 0 Å². The summed E-state index contributed by atoms with van der Waals surface area (Å²) in [5, 5.41) is 4.99. The van der Waals surface area contributed by atoms with Gasteiger partial charge >= 0.3 is 0 Å². The van der Waals surface area contributed by atoms with Crippen LogP contribution in [-0.2, 0) is 0 Å². The van der Waals surface area contributed by atoms with Crippen molar-refractivity contribution < 1.29 is 0 Å². The fourth-order valence-electron chi connectivity index (χ4n) is 3.55. The Hall–Kier alpha value is -0.180. The summed E-state index contributed by atoms with van der Waals surface area (Å²) >= 11 is 1.97. The van der Waals surface area contributed by atoms with E-state index in [9.17, 15) is 0 Å². The molecule has 0 aromatic rings. The second kappa shape index (κ2) is 4.49. The molecule has 3 rings (SSSR count). The van der Waals surface area contributed by atoms with Crippen LogP contribution < -0.4 is 5.32 Å². The molecule has 96 valence electrons. The van der Waals surface area contributed by atoms with Crippen LogP contribution in [0.25, 0.3) is 0 Å². The van der Waals surface area contributed by atoms with E-state index < -0.39 is 0 Å². The Balaban J connectivity index is 1.66. The molecule has 2 aliphatic carbocycles. The third-order valence-corrected chi connectivity index (χ3v) is 5.86. The molecule has 3 aliphatic rings. The van der Waals surface area contributed by atoms with Gasteiger partial charge in [-0.05, 0) is 32.6 Å². The SMILES string of the molecule is CC1(NC2=NC3(CCCCC3)CS2)CCCC1. The average Bonchev–Trinajstić information content (AvgIpc) is 2.89. The maximum Gasteiger partial charge on any atom is 0.157 e. The van der Waals surface area contributed by atoms with E-state index in [1.165, 1.54) is 68.7 Å². The van der Waals surface area contributed by atoms with Crippen molar-refractivity contribution in [1.82, 2.24) is 5.32 Å². The summed E-state index contributed by atoms with van der Waals surface area (Å²) in [7, 11) is 0. The van der Waals surface area contributed by atoms with Gasteiger partial charge < -0.3 is 5.32 Å². The molecule has 0 saturated heterocycles. The number of hydrogen-bond donors (Lipinski definition) is 1. The standard InChI is InChI=1S/C14H24N2S/c1-13(7-5-6-8-13)15-12-16-14(11-17-12)9-3-2-4-10-14/h2-11H2,1H3,(H,15,16). The number of amidine groups is 1. The number of nitrogens with one attached hydrogen (secondary N) is 1. The summed E-state index contributed by atoms with van der Waals surface area (Å²) in [5.74, 6) is 1.23. The van der Waals surface area contributed by atoms with Gasteiger partial charge in [0.05, 0.1) is 5.54 Å². The summed E-state index contributed by atoms with van der Waals surface area (Å²) < 4.78 is 0. The molecule has 0 radical (unpaired) electrons. The monoisotopic (exact) mass is 252 g/mol. The van der Waals surface area contributed by atoms with Gasteiger partial charge in [-0.3, -0.25) is 4.99 Å². The van der Waals surface area contributed by atoms with Crippen LogP contribution in [0, 0.1) is 0 Å². The van der Waals surface area contributed by atoms with Gasteiger partial charge in [0.25, 0.3) is 0 Å². The highest BCUT2D eigenvalue weighted by Gasteiger charge is 2.38. The highest BCUT2D eigenvalue weighted by Crippen LogP contribution is 2.40. The van der Waals surface area contributed by atoms with Crippen LogP contribution in [0.15, 0.2) is 4.99 Å². The number of rotatable bonds is 1. The zero-order chi connectivity index (χ0) is 11.8. The molecule has 0 amide bonds. The van der Waals surface area contributed by atoms with Crippen LogP contribution in [0.4, 0.5) is 0 Å². The van der Waals surface area contributed by atoms with Crippen LogP contribution in [-0.4, -0.2) is 22.0 Å². The molecule has 3 heteroatoms. The Morgan fingerprint density at radius 1 is 1.00 bits per heavy atom. The molecule has 2 fully saturated rings. The Labute approximate surface area is 109 Å². The normalized spacial score (nSPS) is 30.5. The zero-order valence-corrected chi connectivity index (χ0v) is 11.7. The lowest BCUT2D eigenvalue weighted by atomic mass is 9.84. The van der Waals surface area contributed by atoms with E-state index in [0.717, 1.165) is 0 Å². The second-order valence-electron chi connectivity index (χ2n) is 6.38. The molecule has 1 spiro atoms. The maximum atomic E-state index is 5.06. The van der Waals surface area contributed by atoms with E-state index in [4.69, 9.17) is 4.99 Å². The fraction of sp³-hybridized carbons (Fsp3) is 0.929. The smallest absolute Gasteiger partial charge is 0.157 e. The first kappa shape index (κ1) is 11.9. The third-order valence-electron chi connectivity index (χ3n) is 4.72. The van der Waals surface area contributed by atoms with Gasteiger partial charge in [0.1, 0.15) is 0 Å². The fourth-order valence-corrected chi connectivity index (χ4v) is 4.89. The van der Waals surface area contributed by atoms with Crippen molar-refractivity contribution in [1.29, 1.82) is 0 Å². The molecule has 17 heavy (non-hydrogen) atoms. The first-order valence-electron chi connectivity index (χ1n) is 7.21. The number of thioether (sulfide) groups is 1. The lowest BCUT2D eigenvalue weighted by molar-refractivity contribution is 0.333. The van der Waals surface area contributed by atoms with E-state index in [1.54, 1.807) is 0 Å². The molecule has 0 atom stereocenters. The summed E-state index contributed by atoms with van der Waals surface area (Å²) in [4.78, 5) is 5.06. The van der Waals surface area contributed by atoms with E-state index in [1.807, 2.05) is 11.8 Å². The molecule has 0 unspecified atom stereocenters. The molecule has 0 aromatic carbocycles. The van der Waals surface area contributed by atoms with Gasteiger partial charge in [-0.25, -0.2) is 0 Å². The average molecular weight is 252 g/mol. The van der Waals surface area contributed by atoms with Crippen LogP contribution in [0.3, 0.4) is 0 Å². The van der Waals surface area contributed by atoms with Gasteiger partial charge in [0.2, 0.25) is 0 Å². The molecule has 1 aliphatic heterocycles. The third kappa shape index (κ3) is 2.49. The Bertz CT molecular complexity index is 312. The molecule has 2 saturated carbocycles. The van der Waals surface area contributed by atoms with Crippen molar-refractivity contribution in [3.05, 3.63) is 0 Å². The quantitative estimate of drug-likeness (QED) is 0.769. The highest BCUT2D eigenvalue weighted by molar-refractivity contribution is 8.14. The number of aliphatic imine (C=N–C) groups is 1. The van der Waals surface area contributed by atoms with Gasteiger partial charge in [0.15, 0.2) is 5.17 Å². The van der Waals surface area contributed by atoms with Crippen LogP contribution in [0.2, 0.25) is 0 Å². The summed E-state index contributed by atoms with van der Waals surface area (Å²) in [5.41, 5.74) is 0.659. The second-order valence-corrected chi connectivity index (χ2v) is 7.35. The van der Waals surface area contributed by atoms with Crippen molar-refractivity contribution in [3.63, 3.8) is 0 Å². The summed E-state index contributed by atoms with van der Waals surface area (Å²) in [6.07, 6.45) is 12.2. The largest absolute Gasteiger partial charge is 0.360 e. The summed E-state index contributed by atoms with van der Waals surface area (Å²) in [6, 6.07) is 0. The van der Waals surface area contributed by atoms with Crippen LogP contribution >= 0.6 is 11.8 Å². The molecular formula is C14H24N2S. The Kier molecular flexibility index (Phi) is 3.14. The lowest BCUT2D eigenvalue weighted by Crippen LogP contribution is -2.42. The van der Waals surface area contributed by atoms with Crippen molar-refractivity contribution in [3.8, 4) is 0 Å². The van der Waals surface area contributed by atoms with E-state index in [2.05, 4.69) is 12.2 Å². The number of nitrogens with zero attached hydrogens (tertiary/aromatic N) is 1. The molecular weight excluding hydrogens is 228 g/mol. The minimum Gasteiger partial charge on any atom is -0.360 e. The Morgan fingerprint density at radius 2 is 1.65 bits per heavy atom. The predicted octanol–water partition coefficient (Wildman–Crippen LogP) is 3.71. The predicted molar refractivity (Wildman–Crippen MR) is 75.7 cm³/mol. The van der Waals surface area contributed by atoms with E-state index in [0.29, 0.717) is 11.1 Å². The van der Waals surface area contributed by atoms with Crippen molar-refractivity contribution in [2.75, 3.05) is 5.75 Å². The summed E-state index contributed by atoms with van der Waals surface area (Å²) in [6.45, 7) is 2.37. The van der Waals surface area contributed by atoms with Crippen molar-refractivity contribution in [2.24, 2.45) is 4.99 Å². The van der Waals surface area contributed by atoms with Crippen molar-refractivity contribution in [2.45, 2.75) is 75.8 Å². The van der Waals surface area contributed by atoms with E-state index >= 15 is 0 Å². The topological polar surface area (TPSA) is 24.4 Å². The highest BCUT2D eigenvalue weighted by atomic mass is 32.2.